The highest BCUT2D eigenvalue weighted by Gasteiger charge is 2.30. The molecule has 3 rings (SSSR count). The monoisotopic (exact) mass is 556 g/mol. The minimum atomic E-state index is -4.59. The summed E-state index contributed by atoms with van der Waals surface area (Å²) in [6.45, 7) is 1.55. The predicted octanol–water partition coefficient (Wildman–Crippen LogP) is 5.52. The van der Waals surface area contributed by atoms with Gasteiger partial charge in [-0.15, -0.1) is 0 Å². The predicted molar refractivity (Wildman–Crippen MR) is 125 cm³/mol. The first-order valence-electron chi connectivity index (χ1n) is 9.92. The van der Waals surface area contributed by atoms with E-state index in [4.69, 9.17) is 4.74 Å². The minimum absolute atomic E-state index is 0.176. The van der Waals surface area contributed by atoms with Gasteiger partial charge in [0.15, 0.2) is 6.61 Å². The van der Waals surface area contributed by atoms with Crippen molar-refractivity contribution >= 4 is 37.5 Å². The molecular weight excluding hydrogens is 537 g/mol. The van der Waals surface area contributed by atoms with Gasteiger partial charge in [0, 0.05) is 10.2 Å². The molecule has 0 saturated carbocycles. The van der Waals surface area contributed by atoms with Gasteiger partial charge in [0.1, 0.15) is 5.75 Å². The normalized spacial score (nSPS) is 12.6. The Morgan fingerprint density at radius 3 is 2.35 bits per heavy atom. The summed E-state index contributed by atoms with van der Waals surface area (Å²) in [5.41, 5.74) is -0.277. The number of sulfonamides is 1. The van der Waals surface area contributed by atoms with E-state index in [1.807, 2.05) is 31.2 Å². The van der Waals surface area contributed by atoms with Gasteiger partial charge in [-0.25, -0.2) is 8.42 Å². The van der Waals surface area contributed by atoms with Crippen LogP contribution in [0.15, 0.2) is 82.2 Å². The second-order valence-corrected chi connectivity index (χ2v) is 9.89. The van der Waals surface area contributed by atoms with E-state index in [2.05, 4.69) is 26.0 Å². The number of rotatable bonds is 8. The Balaban J connectivity index is 1.58. The van der Waals surface area contributed by atoms with E-state index < -0.39 is 21.8 Å². The third-order valence-electron chi connectivity index (χ3n) is 4.67. The van der Waals surface area contributed by atoms with Crippen LogP contribution in [0.25, 0.3) is 0 Å². The average molecular weight is 557 g/mol. The average Bonchev–Trinajstić information content (AvgIpc) is 2.77. The van der Waals surface area contributed by atoms with Crippen molar-refractivity contribution < 1.29 is 31.1 Å². The van der Waals surface area contributed by atoms with Crippen LogP contribution in [0.3, 0.4) is 0 Å². The number of carbonyl (C=O) groups excluding carboxylic acids is 1. The van der Waals surface area contributed by atoms with E-state index in [1.165, 1.54) is 30.3 Å². The van der Waals surface area contributed by atoms with E-state index in [9.17, 15) is 26.4 Å². The van der Waals surface area contributed by atoms with Gasteiger partial charge in [0.2, 0.25) is 0 Å². The molecule has 1 unspecified atom stereocenters. The van der Waals surface area contributed by atoms with Crippen LogP contribution in [0.2, 0.25) is 0 Å². The fourth-order valence-corrected chi connectivity index (χ4v) is 4.45. The van der Waals surface area contributed by atoms with Crippen LogP contribution in [-0.4, -0.2) is 20.9 Å². The van der Waals surface area contributed by atoms with Gasteiger partial charge in [-0.05, 0) is 67.1 Å². The molecule has 3 aromatic rings. The molecule has 0 heterocycles. The molecular formula is C23H20BrF3N2O4S. The molecule has 0 aliphatic carbocycles. The smallest absolute Gasteiger partial charge is 0.416 e. The topological polar surface area (TPSA) is 84.5 Å². The molecule has 6 nitrogen and oxygen atoms in total. The summed E-state index contributed by atoms with van der Waals surface area (Å²) >= 11 is 3.38. The molecule has 11 heteroatoms. The molecule has 0 radical (unpaired) electrons. The number of anilines is 1. The molecule has 1 amide bonds. The molecule has 34 heavy (non-hydrogen) atoms. The number of halogens is 4. The Bertz CT molecular complexity index is 1270. The van der Waals surface area contributed by atoms with Crippen LogP contribution >= 0.6 is 15.9 Å². The summed E-state index contributed by atoms with van der Waals surface area (Å²) in [6.07, 6.45) is -4.59. The van der Waals surface area contributed by atoms with Gasteiger partial charge >= 0.3 is 6.18 Å². The van der Waals surface area contributed by atoms with Crippen molar-refractivity contribution in [2.24, 2.45) is 0 Å². The maximum Gasteiger partial charge on any atom is 0.416 e. The highest BCUT2D eigenvalue weighted by molar-refractivity contribution is 9.10. The van der Waals surface area contributed by atoms with Crippen molar-refractivity contribution in [2.45, 2.75) is 24.0 Å². The van der Waals surface area contributed by atoms with Crippen molar-refractivity contribution in [3.05, 3.63) is 88.4 Å². The van der Waals surface area contributed by atoms with E-state index in [-0.39, 0.29) is 34.9 Å². The Kier molecular flexibility index (Phi) is 7.88. The number of ether oxygens (including phenoxy) is 1. The number of hydrogen-bond donors (Lipinski definition) is 2. The first-order valence-corrected chi connectivity index (χ1v) is 12.2. The summed E-state index contributed by atoms with van der Waals surface area (Å²) in [5.74, 6) is -0.112. The van der Waals surface area contributed by atoms with E-state index in [0.29, 0.717) is 6.07 Å². The Labute approximate surface area is 203 Å². The van der Waals surface area contributed by atoms with E-state index >= 15 is 0 Å². The van der Waals surface area contributed by atoms with Crippen molar-refractivity contribution in [1.82, 2.24) is 5.32 Å². The Hall–Kier alpha value is -3.05. The SMILES string of the molecule is CC(NC(=O)COc1ccc(S(=O)(=O)Nc2cccc(C(F)(F)F)c2)cc1)c1cccc(Br)c1. The van der Waals surface area contributed by atoms with Crippen LogP contribution in [0.4, 0.5) is 18.9 Å². The highest BCUT2D eigenvalue weighted by atomic mass is 79.9. The standard InChI is InChI=1S/C23H20BrF3N2O4S/c1-15(16-4-2-6-18(24)12-16)28-22(30)14-33-20-8-10-21(11-9-20)34(31,32)29-19-7-3-5-17(13-19)23(25,26)27/h2-13,15,29H,14H2,1H3,(H,28,30). The summed E-state index contributed by atoms with van der Waals surface area (Å²) in [7, 11) is -4.13. The molecule has 0 saturated heterocycles. The zero-order valence-electron chi connectivity index (χ0n) is 17.8. The van der Waals surface area contributed by atoms with Gasteiger partial charge in [-0.2, -0.15) is 13.2 Å². The van der Waals surface area contributed by atoms with Gasteiger partial charge < -0.3 is 10.1 Å². The lowest BCUT2D eigenvalue weighted by Gasteiger charge is -2.15. The molecule has 0 aromatic heterocycles. The lowest BCUT2D eigenvalue weighted by molar-refractivity contribution is -0.137. The van der Waals surface area contributed by atoms with E-state index in [0.717, 1.165) is 22.2 Å². The number of carbonyl (C=O) groups is 1. The third kappa shape index (κ3) is 6.97. The maximum atomic E-state index is 12.8. The molecule has 0 aliphatic heterocycles. The summed E-state index contributed by atoms with van der Waals surface area (Å²) in [5, 5.41) is 2.80. The van der Waals surface area contributed by atoms with Crippen molar-refractivity contribution in [1.29, 1.82) is 0 Å². The van der Waals surface area contributed by atoms with Crippen molar-refractivity contribution in [3.63, 3.8) is 0 Å². The van der Waals surface area contributed by atoms with Crippen LogP contribution in [-0.2, 0) is 21.0 Å². The largest absolute Gasteiger partial charge is 0.484 e. The molecule has 1 atom stereocenters. The van der Waals surface area contributed by atoms with Crippen molar-refractivity contribution in [3.8, 4) is 5.75 Å². The zero-order valence-corrected chi connectivity index (χ0v) is 20.2. The summed E-state index contributed by atoms with van der Waals surface area (Å²) in [6, 6.07) is 16.3. The van der Waals surface area contributed by atoms with Crippen LogP contribution < -0.4 is 14.8 Å². The maximum absolute atomic E-state index is 12.8. The van der Waals surface area contributed by atoms with Crippen LogP contribution in [0.1, 0.15) is 24.1 Å². The number of amides is 1. The minimum Gasteiger partial charge on any atom is -0.484 e. The second kappa shape index (κ2) is 10.5. The summed E-state index contributed by atoms with van der Waals surface area (Å²) < 4.78 is 72.0. The van der Waals surface area contributed by atoms with Crippen molar-refractivity contribution in [2.75, 3.05) is 11.3 Å². The first-order chi connectivity index (χ1) is 15.9. The highest BCUT2D eigenvalue weighted by Crippen LogP contribution is 2.31. The van der Waals surface area contributed by atoms with Gasteiger partial charge in [0.25, 0.3) is 15.9 Å². The molecule has 180 valence electrons. The fourth-order valence-electron chi connectivity index (χ4n) is 2.98. The summed E-state index contributed by atoms with van der Waals surface area (Å²) in [4.78, 5) is 12.0. The first kappa shape index (κ1) is 25.6. The number of nitrogens with one attached hydrogen (secondary N) is 2. The lowest BCUT2D eigenvalue weighted by Crippen LogP contribution is -2.31. The Morgan fingerprint density at radius 1 is 1.03 bits per heavy atom. The number of hydrogen-bond acceptors (Lipinski definition) is 4. The Morgan fingerprint density at radius 2 is 1.71 bits per heavy atom. The molecule has 0 spiro atoms. The quantitative estimate of drug-likeness (QED) is 0.382. The van der Waals surface area contributed by atoms with Gasteiger partial charge in [-0.3, -0.25) is 9.52 Å². The van der Waals surface area contributed by atoms with Gasteiger partial charge in [-0.1, -0.05) is 34.1 Å². The second-order valence-electron chi connectivity index (χ2n) is 7.29. The molecule has 3 aromatic carbocycles. The third-order valence-corrected chi connectivity index (χ3v) is 6.56. The molecule has 0 fully saturated rings. The molecule has 2 N–H and O–H groups in total. The molecule has 0 aliphatic rings. The fraction of sp³-hybridized carbons (Fsp3) is 0.174. The number of benzene rings is 3. The van der Waals surface area contributed by atoms with Crippen LogP contribution in [0.5, 0.6) is 5.75 Å². The van der Waals surface area contributed by atoms with Crippen LogP contribution in [0, 0.1) is 0 Å². The molecule has 0 bridgehead atoms. The van der Waals surface area contributed by atoms with E-state index in [1.54, 1.807) is 0 Å². The zero-order chi connectivity index (χ0) is 24.9. The van der Waals surface area contributed by atoms with Gasteiger partial charge in [0.05, 0.1) is 16.5 Å². The number of alkyl halides is 3. The lowest BCUT2D eigenvalue weighted by atomic mass is 10.1.